The summed E-state index contributed by atoms with van der Waals surface area (Å²) < 4.78 is 0. The minimum absolute atomic E-state index is 0.0170. The van der Waals surface area contributed by atoms with Crippen molar-refractivity contribution in [2.45, 2.75) is 90.8 Å². The molecule has 0 unspecified atom stereocenters. The molecule has 38 heavy (non-hydrogen) atoms. The first-order chi connectivity index (χ1) is 18.1. The van der Waals surface area contributed by atoms with Crippen molar-refractivity contribution in [2.75, 3.05) is 26.3 Å². The predicted molar refractivity (Wildman–Crippen MR) is 155 cm³/mol. The molecule has 5 atom stereocenters. The fourth-order valence-corrected chi connectivity index (χ4v) is 6.74. The monoisotopic (exact) mass is 529 g/mol. The Kier molecular flexibility index (Phi) is 12.9. The van der Waals surface area contributed by atoms with Crippen molar-refractivity contribution in [1.82, 2.24) is 5.32 Å². The predicted octanol–water partition coefficient (Wildman–Crippen LogP) is 4.56. The third kappa shape index (κ3) is 7.42. The van der Waals surface area contributed by atoms with Gasteiger partial charge in [-0.3, -0.25) is 4.79 Å². The van der Waals surface area contributed by atoms with Crippen molar-refractivity contribution in [3.05, 3.63) is 58.7 Å². The maximum Gasteiger partial charge on any atom is 0.145 e. The number of allylic oxidation sites excluding steroid dienone is 7. The highest BCUT2D eigenvalue weighted by atomic mass is 16.3. The number of carbonyl (C=O) groups excluding carboxylic acids is 1. The number of hydrogen-bond donors (Lipinski definition) is 5. The van der Waals surface area contributed by atoms with E-state index in [1.807, 2.05) is 18.2 Å². The fraction of sp³-hybridized carbons (Fsp3) is 0.656. The van der Waals surface area contributed by atoms with E-state index in [4.69, 9.17) is 0 Å². The third-order valence-electron chi connectivity index (χ3n) is 8.95. The van der Waals surface area contributed by atoms with Gasteiger partial charge in [0.15, 0.2) is 0 Å². The van der Waals surface area contributed by atoms with Crippen LogP contribution in [0.2, 0.25) is 0 Å². The van der Waals surface area contributed by atoms with Crippen LogP contribution in [-0.4, -0.2) is 64.7 Å². The number of nitrogens with one attached hydrogen (secondary N) is 1. The van der Waals surface area contributed by atoms with Gasteiger partial charge in [0.2, 0.25) is 0 Å². The molecule has 0 aromatic carbocycles. The van der Waals surface area contributed by atoms with Gasteiger partial charge in [0, 0.05) is 24.5 Å². The van der Waals surface area contributed by atoms with E-state index < -0.39 is 17.1 Å². The molecule has 2 saturated carbocycles. The van der Waals surface area contributed by atoms with Crippen LogP contribution in [0.15, 0.2) is 58.7 Å². The third-order valence-corrected chi connectivity index (χ3v) is 8.95. The van der Waals surface area contributed by atoms with Gasteiger partial charge in [-0.05, 0) is 95.7 Å². The normalized spacial score (nSPS) is 31.8. The highest BCUT2D eigenvalue weighted by Gasteiger charge is 2.63. The van der Waals surface area contributed by atoms with Gasteiger partial charge in [-0.25, -0.2) is 0 Å². The van der Waals surface area contributed by atoms with Gasteiger partial charge in [0.1, 0.15) is 6.29 Å². The summed E-state index contributed by atoms with van der Waals surface area (Å²) in [5.41, 5.74) is 2.71. The largest absolute Gasteiger partial charge is 0.396 e. The molecule has 5 N–H and O–H groups in total. The smallest absolute Gasteiger partial charge is 0.145 e. The van der Waals surface area contributed by atoms with Crippen LogP contribution in [0.4, 0.5) is 0 Å². The molecule has 214 valence electrons. The van der Waals surface area contributed by atoms with E-state index in [0.717, 1.165) is 48.9 Å². The summed E-state index contributed by atoms with van der Waals surface area (Å²) in [7, 11) is 0. The van der Waals surface area contributed by atoms with Gasteiger partial charge in [-0.1, -0.05) is 54.5 Å². The first-order valence-corrected chi connectivity index (χ1v) is 14.3. The number of aldehydes is 1. The zero-order valence-corrected chi connectivity index (χ0v) is 24.0. The van der Waals surface area contributed by atoms with Crippen molar-refractivity contribution < 1.29 is 25.2 Å². The number of aliphatic hydroxyl groups excluding tert-OH is 3. The lowest BCUT2D eigenvalue weighted by molar-refractivity contribution is -0.167. The number of rotatable bonds is 14. The van der Waals surface area contributed by atoms with E-state index in [-0.39, 0.29) is 25.0 Å². The van der Waals surface area contributed by atoms with Gasteiger partial charge in [0.05, 0.1) is 18.3 Å². The Morgan fingerprint density at radius 1 is 1.24 bits per heavy atom. The Bertz CT molecular complexity index is 928. The summed E-state index contributed by atoms with van der Waals surface area (Å²) in [6, 6.07) is 0. The maximum absolute atomic E-state index is 11.8. The lowest BCUT2D eigenvalue weighted by Gasteiger charge is -2.55. The van der Waals surface area contributed by atoms with E-state index in [0.29, 0.717) is 44.1 Å². The molecule has 0 aromatic rings. The van der Waals surface area contributed by atoms with Crippen molar-refractivity contribution in [1.29, 1.82) is 0 Å². The Morgan fingerprint density at radius 3 is 2.61 bits per heavy atom. The Hall–Kier alpha value is -1.83. The molecule has 6 heteroatoms. The molecule has 1 spiro atoms. The lowest BCUT2D eigenvalue weighted by Crippen LogP contribution is -2.59. The molecular formula is C32H51NO5. The van der Waals surface area contributed by atoms with Crippen LogP contribution in [-0.2, 0) is 4.79 Å². The molecule has 0 aliphatic heterocycles. The number of aliphatic hydroxyl groups is 4. The summed E-state index contributed by atoms with van der Waals surface area (Å²) in [5, 5.41) is 46.7. The molecule has 2 aliphatic carbocycles. The van der Waals surface area contributed by atoms with Gasteiger partial charge in [-0.15, -0.1) is 0 Å². The van der Waals surface area contributed by atoms with Crippen LogP contribution in [0.1, 0.15) is 79.1 Å². The van der Waals surface area contributed by atoms with Gasteiger partial charge >= 0.3 is 0 Å². The fourth-order valence-electron chi connectivity index (χ4n) is 6.74. The van der Waals surface area contributed by atoms with Crippen molar-refractivity contribution >= 4 is 6.29 Å². The highest BCUT2D eigenvalue weighted by molar-refractivity contribution is 5.74. The second kappa shape index (κ2) is 15.1. The molecule has 0 aromatic heterocycles. The van der Waals surface area contributed by atoms with Gasteiger partial charge in [-0.2, -0.15) is 0 Å². The molecular weight excluding hydrogens is 478 g/mol. The molecule has 0 saturated heterocycles. The molecule has 0 amide bonds. The zero-order chi connectivity index (χ0) is 28.3. The summed E-state index contributed by atoms with van der Waals surface area (Å²) >= 11 is 0. The minimum atomic E-state index is -1.13. The maximum atomic E-state index is 11.8. The molecule has 2 aliphatic rings. The summed E-state index contributed by atoms with van der Waals surface area (Å²) in [6.07, 6.45) is 13.1. The molecule has 2 fully saturated rings. The Balaban J connectivity index is 2.24. The number of hydrogen-bond acceptors (Lipinski definition) is 6. The quantitative estimate of drug-likeness (QED) is 0.0977. The minimum Gasteiger partial charge on any atom is -0.396 e. The zero-order valence-electron chi connectivity index (χ0n) is 24.0. The van der Waals surface area contributed by atoms with E-state index in [2.05, 4.69) is 31.8 Å². The molecule has 6 nitrogen and oxygen atoms in total. The van der Waals surface area contributed by atoms with E-state index in [1.165, 1.54) is 5.57 Å². The molecule has 2 rings (SSSR count). The molecule has 0 bridgehead atoms. The van der Waals surface area contributed by atoms with E-state index in [9.17, 15) is 25.2 Å². The van der Waals surface area contributed by atoms with Crippen LogP contribution >= 0.6 is 0 Å². The van der Waals surface area contributed by atoms with Gasteiger partial charge in [0.25, 0.3) is 0 Å². The first kappa shape index (κ1) is 32.4. The SMILES string of the molecule is C=C(/C=C\C=C(\CO)[C@@H]1CC[C@]2([C@@H]1O)[C@@H](CCCO)/C(=C(/C)C=O)CC[C@@]2(C)O)CC/C=C(\C)CNCC. The second-order valence-corrected chi connectivity index (χ2v) is 11.4. The van der Waals surface area contributed by atoms with Crippen molar-refractivity contribution in [3.63, 3.8) is 0 Å². The standard InChI is InChI=1S/C32H51NO5/c1-6-33-20-24(3)12-7-10-23(2)11-8-13-26(22-36)28-16-18-32(30(28)37)29(14-9-19-34)27(25(4)21-35)15-17-31(32,5)38/h8,11-13,21,28-30,33-34,36-38H,2,6-7,9-10,14-20,22H2,1,3-5H3/b11-8-,24-12+,26-13-,27-25-/t28-,29-,30+,31+,32+/m0/s1. The average molecular weight is 530 g/mol. The lowest BCUT2D eigenvalue weighted by atomic mass is 9.52. The first-order valence-electron chi connectivity index (χ1n) is 14.3. The van der Waals surface area contributed by atoms with Gasteiger partial charge < -0.3 is 25.7 Å². The highest BCUT2D eigenvalue weighted by Crippen LogP contribution is 2.62. The Morgan fingerprint density at radius 2 is 1.97 bits per heavy atom. The summed E-state index contributed by atoms with van der Waals surface area (Å²) in [6.45, 7) is 13.6. The van der Waals surface area contributed by atoms with Crippen molar-refractivity contribution in [2.24, 2.45) is 17.3 Å². The number of carbonyl (C=O) groups is 1. The second-order valence-electron chi connectivity index (χ2n) is 11.4. The van der Waals surface area contributed by atoms with Crippen LogP contribution < -0.4 is 5.32 Å². The summed E-state index contributed by atoms with van der Waals surface area (Å²) in [4.78, 5) is 11.7. The topological polar surface area (TPSA) is 110 Å². The molecule has 0 radical (unpaired) electrons. The van der Waals surface area contributed by atoms with Crippen LogP contribution in [0.3, 0.4) is 0 Å². The van der Waals surface area contributed by atoms with E-state index >= 15 is 0 Å². The molecule has 0 heterocycles. The van der Waals surface area contributed by atoms with Crippen LogP contribution in [0.25, 0.3) is 0 Å². The van der Waals surface area contributed by atoms with E-state index in [1.54, 1.807) is 13.8 Å². The van der Waals surface area contributed by atoms with Crippen LogP contribution in [0.5, 0.6) is 0 Å². The van der Waals surface area contributed by atoms with Crippen molar-refractivity contribution in [3.8, 4) is 0 Å². The Labute approximate surface area is 229 Å². The summed E-state index contributed by atoms with van der Waals surface area (Å²) in [5.74, 6) is -0.503. The average Bonchev–Trinajstić information content (AvgIpc) is 3.23. The number of likely N-dealkylation sites (N-methyl/N-ethyl adjacent to an activating group) is 1. The van der Waals surface area contributed by atoms with Crippen LogP contribution in [0, 0.1) is 17.3 Å².